The molecule has 0 saturated carbocycles. The summed E-state index contributed by atoms with van der Waals surface area (Å²) in [4.78, 5) is 0. The van der Waals surface area contributed by atoms with Gasteiger partial charge in [-0.15, -0.1) is 16.8 Å². The van der Waals surface area contributed by atoms with Crippen LogP contribution in [-0.4, -0.2) is 10.2 Å². The topological polar surface area (TPSA) is 35.0 Å². The van der Waals surface area contributed by atoms with Crippen molar-refractivity contribution in [1.29, 1.82) is 0 Å². The first-order valence-electron chi connectivity index (χ1n) is 7.53. The summed E-state index contributed by atoms with van der Waals surface area (Å²) in [5.41, 5.74) is 4.15. The van der Waals surface area contributed by atoms with E-state index in [4.69, 9.17) is 4.74 Å². The normalized spacial score (nSPS) is 10.3. The Morgan fingerprint density at radius 1 is 1.00 bits per heavy atom. The number of nitrogens with zero attached hydrogens (tertiary/aromatic N) is 2. The Balaban J connectivity index is 1.83. The fourth-order valence-electron chi connectivity index (χ4n) is 2.37. The summed E-state index contributed by atoms with van der Waals surface area (Å²) in [6.07, 6.45) is 2.62. The molecule has 0 spiro atoms. The van der Waals surface area contributed by atoms with Crippen LogP contribution in [0.15, 0.2) is 73.3 Å². The van der Waals surface area contributed by atoms with Crippen molar-refractivity contribution in [1.82, 2.24) is 10.2 Å². The Bertz CT molecular complexity index is 796. The molecule has 0 radical (unpaired) electrons. The molecule has 1 heterocycles. The minimum Gasteiger partial charge on any atom is -0.437 e. The van der Waals surface area contributed by atoms with E-state index in [1.54, 1.807) is 0 Å². The Labute approximate surface area is 136 Å². The van der Waals surface area contributed by atoms with Crippen LogP contribution >= 0.6 is 0 Å². The fourth-order valence-corrected chi connectivity index (χ4v) is 2.37. The number of hydrogen-bond donors (Lipinski definition) is 0. The molecule has 0 saturated heterocycles. The van der Waals surface area contributed by atoms with Crippen molar-refractivity contribution < 1.29 is 4.74 Å². The van der Waals surface area contributed by atoms with Crippen LogP contribution in [0.3, 0.4) is 0 Å². The van der Waals surface area contributed by atoms with Crippen molar-refractivity contribution in [2.45, 2.75) is 13.3 Å². The molecule has 0 fully saturated rings. The lowest BCUT2D eigenvalue weighted by Gasteiger charge is -2.10. The Kier molecular flexibility index (Phi) is 4.48. The largest absolute Gasteiger partial charge is 0.437 e. The van der Waals surface area contributed by atoms with Gasteiger partial charge >= 0.3 is 0 Å². The van der Waals surface area contributed by atoms with E-state index in [0.29, 0.717) is 5.88 Å². The van der Waals surface area contributed by atoms with E-state index in [0.717, 1.165) is 29.0 Å². The summed E-state index contributed by atoms with van der Waals surface area (Å²) in [7, 11) is 0. The van der Waals surface area contributed by atoms with E-state index in [9.17, 15) is 0 Å². The second kappa shape index (κ2) is 6.88. The molecular weight excluding hydrogens is 284 g/mol. The second-order valence-corrected chi connectivity index (χ2v) is 5.33. The van der Waals surface area contributed by atoms with Crippen LogP contribution in [0.2, 0.25) is 0 Å². The molecule has 3 aromatic rings. The van der Waals surface area contributed by atoms with E-state index < -0.39 is 0 Å². The minimum atomic E-state index is 0.485. The van der Waals surface area contributed by atoms with Crippen molar-refractivity contribution in [2.75, 3.05) is 0 Å². The van der Waals surface area contributed by atoms with Gasteiger partial charge < -0.3 is 4.74 Å². The summed E-state index contributed by atoms with van der Waals surface area (Å²) >= 11 is 0. The van der Waals surface area contributed by atoms with Gasteiger partial charge in [-0.05, 0) is 31.0 Å². The monoisotopic (exact) mass is 302 g/mol. The zero-order valence-electron chi connectivity index (χ0n) is 13.1. The van der Waals surface area contributed by atoms with E-state index in [-0.39, 0.29) is 0 Å². The molecule has 0 aliphatic heterocycles. The van der Waals surface area contributed by atoms with Crippen molar-refractivity contribution in [3.8, 4) is 22.9 Å². The molecule has 3 rings (SSSR count). The predicted molar refractivity (Wildman–Crippen MR) is 92.6 cm³/mol. The molecule has 3 heteroatoms. The van der Waals surface area contributed by atoms with Gasteiger partial charge in [-0.1, -0.05) is 54.1 Å². The number of hydrogen-bond acceptors (Lipinski definition) is 3. The lowest BCUT2D eigenvalue weighted by molar-refractivity contribution is 0.451. The van der Waals surface area contributed by atoms with Crippen LogP contribution in [0.25, 0.3) is 11.3 Å². The highest BCUT2D eigenvalue weighted by Crippen LogP contribution is 2.26. The standard InChI is InChI=1S/C20H18N2O/c1-3-7-17-14-15(2)10-12-19(17)23-20-13-11-18(21-22-20)16-8-5-4-6-9-16/h3-6,8-14H,1,7H2,2H3. The van der Waals surface area contributed by atoms with Crippen LogP contribution < -0.4 is 4.74 Å². The van der Waals surface area contributed by atoms with Gasteiger partial charge in [0.25, 0.3) is 0 Å². The van der Waals surface area contributed by atoms with Gasteiger partial charge in [0.1, 0.15) is 5.75 Å². The van der Waals surface area contributed by atoms with Gasteiger partial charge in [-0.25, -0.2) is 0 Å². The highest BCUT2D eigenvalue weighted by atomic mass is 16.5. The van der Waals surface area contributed by atoms with Crippen molar-refractivity contribution in [3.63, 3.8) is 0 Å². The number of allylic oxidation sites excluding steroid dienone is 1. The maximum atomic E-state index is 5.89. The van der Waals surface area contributed by atoms with Crippen molar-refractivity contribution >= 4 is 0 Å². The molecule has 114 valence electrons. The minimum absolute atomic E-state index is 0.485. The average molecular weight is 302 g/mol. The third-order valence-corrected chi connectivity index (χ3v) is 3.50. The molecule has 0 bridgehead atoms. The smallest absolute Gasteiger partial charge is 0.238 e. The maximum Gasteiger partial charge on any atom is 0.238 e. The van der Waals surface area contributed by atoms with Gasteiger partial charge in [0.05, 0.1) is 5.69 Å². The van der Waals surface area contributed by atoms with E-state index in [2.05, 4.69) is 29.8 Å². The Morgan fingerprint density at radius 3 is 2.52 bits per heavy atom. The van der Waals surface area contributed by atoms with Crippen molar-refractivity contribution in [2.24, 2.45) is 0 Å². The van der Waals surface area contributed by atoms with Gasteiger partial charge in [0.2, 0.25) is 5.88 Å². The third kappa shape index (κ3) is 3.64. The van der Waals surface area contributed by atoms with Crippen molar-refractivity contribution in [3.05, 3.63) is 84.4 Å². The first kappa shape index (κ1) is 15.0. The quantitative estimate of drug-likeness (QED) is 0.624. The van der Waals surface area contributed by atoms with Crippen LogP contribution in [0.4, 0.5) is 0 Å². The van der Waals surface area contributed by atoms with E-state index in [1.165, 1.54) is 5.56 Å². The van der Waals surface area contributed by atoms with Crippen LogP contribution in [-0.2, 0) is 6.42 Å². The molecule has 0 aliphatic rings. The Hall–Kier alpha value is -2.94. The third-order valence-electron chi connectivity index (χ3n) is 3.50. The number of aromatic nitrogens is 2. The second-order valence-electron chi connectivity index (χ2n) is 5.33. The zero-order chi connectivity index (χ0) is 16.1. The maximum absolute atomic E-state index is 5.89. The molecule has 2 aromatic carbocycles. The number of ether oxygens (including phenoxy) is 1. The molecule has 0 N–H and O–H groups in total. The summed E-state index contributed by atoms with van der Waals surface area (Å²) in [6, 6.07) is 19.8. The average Bonchev–Trinajstić information content (AvgIpc) is 2.59. The zero-order valence-corrected chi connectivity index (χ0v) is 13.1. The molecule has 0 atom stereocenters. The predicted octanol–water partition coefficient (Wildman–Crippen LogP) is 4.97. The summed E-state index contributed by atoms with van der Waals surface area (Å²) in [5, 5.41) is 8.42. The summed E-state index contributed by atoms with van der Waals surface area (Å²) < 4.78 is 5.89. The van der Waals surface area contributed by atoms with Gasteiger partial charge in [0, 0.05) is 11.6 Å². The van der Waals surface area contributed by atoms with Gasteiger partial charge in [-0.2, -0.15) is 0 Å². The lowest BCUT2D eigenvalue weighted by Crippen LogP contribution is -1.95. The molecule has 23 heavy (non-hydrogen) atoms. The summed E-state index contributed by atoms with van der Waals surface area (Å²) in [6.45, 7) is 5.86. The van der Waals surface area contributed by atoms with Crippen LogP contribution in [0, 0.1) is 6.92 Å². The lowest BCUT2D eigenvalue weighted by atomic mass is 10.1. The van der Waals surface area contributed by atoms with Gasteiger partial charge in [0.15, 0.2) is 0 Å². The highest BCUT2D eigenvalue weighted by Gasteiger charge is 2.07. The number of benzene rings is 2. The highest BCUT2D eigenvalue weighted by molar-refractivity contribution is 5.58. The molecular formula is C20H18N2O. The van der Waals surface area contributed by atoms with E-state index in [1.807, 2.05) is 60.7 Å². The summed E-state index contributed by atoms with van der Waals surface area (Å²) in [5.74, 6) is 1.27. The number of aryl methyl sites for hydroxylation is 1. The first-order valence-corrected chi connectivity index (χ1v) is 7.53. The van der Waals surface area contributed by atoms with Gasteiger partial charge in [-0.3, -0.25) is 0 Å². The SMILES string of the molecule is C=CCc1cc(C)ccc1Oc1ccc(-c2ccccc2)nn1. The molecule has 0 amide bonds. The van der Waals surface area contributed by atoms with Crippen LogP contribution in [0.5, 0.6) is 11.6 Å². The molecule has 1 aromatic heterocycles. The number of rotatable bonds is 5. The Morgan fingerprint density at radius 2 is 1.83 bits per heavy atom. The first-order chi connectivity index (χ1) is 11.3. The molecule has 0 unspecified atom stereocenters. The molecule has 3 nitrogen and oxygen atoms in total. The van der Waals surface area contributed by atoms with E-state index >= 15 is 0 Å². The molecule has 0 aliphatic carbocycles. The fraction of sp³-hybridized carbons (Fsp3) is 0.100. The van der Waals surface area contributed by atoms with Crippen LogP contribution in [0.1, 0.15) is 11.1 Å².